The van der Waals surface area contributed by atoms with Gasteiger partial charge in [0.25, 0.3) is 0 Å². The molecule has 2 rings (SSSR count). The molecule has 8 N–H and O–H groups in total. The van der Waals surface area contributed by atoms with Crippen molar-refractivity contribution in [3.63, 3.8) is 0 Å². The number of carbonyl (C=O) groups is 4. The molecule has 0 aliphatic rings. The minimum atomic E-state index is -1.55. The Hall–Kier alpha value is -3.44. The van der Waals surface area contributed by atoms with Crippen molar-refractivity contribution < 1.29 is 29.4 Å². The van der Waals surface area contributed by atoms with Gasteiger partial charge in [-0.25, -0.2) is 4.79 Å². The average Bonchev–Trinajstić information content (AvgIpc) is 3.11. The van der Waals surface area contributed by atoms with E-state index in [1.165, 1.54) is 13.8 Å². The van der Waals surface area contributed by atoms with Crippen LogP contribution in [0.1, 0.15) is 19.4 Å². The van der Waals surface area contributed by atoms with E-state index in [-0.39, 0.29) is 6.42 Å². The monoisotopic (exact) mass is 433 g/mol. The summed E-state index contributed by atoms with van der Waals surface area (Å²) in [6, 6.07) is 3.86. The fraction of sp³-hybridized carbons (Fsp3) is 0.400. The number of para-hydroxylation sites is 1. The number of fused-ring (bicyclic) bond motifs is 1. The Morgan fingerprint density at radius 1 is 1.10 bits per heavy atom. The molecule has 0 fully saturated rings. The van der Waals surface area contributed by atoms with Crippen molar-refractivity contribution in [2.45, 2.75) is 44.5 Å². The zero-order valence-electron chi connectivity index (χ0n) is 17.2. The smallest absolute Gasteiger partial charge is 0.328 e. The van der Waals surface area contributed by atoms with Crippen LogP contribution in [-0.4, -0.2) is 69.7 Å². The van der Waals surface area contributed by atoms with Crippen molar-refractivity contribution in [2.75, 3.05) is 6.54 Å². The van der Waals surface area contributed by atoms with Gasteiger partial charge in [0, 0.05) is 23.5 Å². The minimum Gasteiger partial charge on any atom is -0.480 e. The molecule has 31 heavy (non-hydrogen) atoms. The van der Waals surface area contributed by atoms with Crippen LogP contribution < -0.4 is 21.7 Å². The van der Waals surface area contributed by atoms with E-state index >= 15 is 0 Å². The number of aliphatic hydroxyl groups is 1. The molecule has 0 bridgehead atoms. The number of carbonyl (C=O) groups excluding carboxylic acids is 3. The first-order valence-corrected chi connectivity index (χ1v) is 9.69. The lowest BCUT2D eigenvalue weighted by Crippen LogP contribution is -2.56. The lowest BCUT2D eigenvalue weighted by Gasteiger charge is -2.23. The number of aliphatic hydroxyl groups excluding tert-OH is 1. The summed E-state index contributed by atoms with van der Waals surface area (Å²) in [4.78, 5) is 51.1. The minimum absolute atomic E-state index is 0.0506. The van der Waals surface area contributed by atoms with Gasteiger partial charge in [-0.3, -0.25) is 14.4 Å². The molecule has 0 saturated heterocycles. The molecule has 168 valence electrons. The Morgan fingerprint density at radius 2 is 1.77 bits per heavy atom. The normalized spacial score (nSPS) is 14.8. The second-order valence-electron chi connectivity index (χ2n) is 7.26. The second-order valence-corrected chi connectivity index (χ2v) is 7.26. The summed E-state index contributed by atoms with van der Waals surface area (Å²) in [6.45, 7) is 2.29. The number of nitrogens with two attached hydrogens (primary N) is 1. The second kappa shape index (κ2) is 10.5. The fourth-order valence-electron chi connectivity index (χ4n) is 2.95. The Kier molecular flexibility index (Phi) is 8.11. The van der Waals surface area contributed by atoms with Gasteiger partial charge in [0.05, 0.1) is 18.7 Å². The van der Waals surface area contributed by atoms with Crippen molar-refractivity contribution >= 4 is 34.6 Å². The van der Waals surface area contributed by atoms with Crippen LogP contribution in [0.5, 0.6) is 0 Å². The highest BCUT2D eigenvalue weighted by Crippen LogP contribution is 2.19. The number of amides is 3. The van der Waals surface area contributed by atoms with Gasteiger partial charge in [-0.15, -0.1) is 0 Å². The van der Waals surface area contributed by atoms with E-state index in [0.29, 0.717) is 0 Å². The van der Waals surface area contributed by atoms with E-state index in [9.17, 15) is 29.4 Å². The summed E-state index contributed by atoms with van der Waals surface area (Å²) < 4.78 is 0. The van der Waals surface area contributed by atoms with Crippen LogP contribution in [0.25, 0.3) is 10.9 Å². The maximum atomic E-state index is 12.8. The Bertz CT molecular complexity index is 954. The van der Waals surface area contributed by atoms with Gasteiger partial charge in [-0.05, 0) is 25.5 Å². The molecule has 0 saturated carbocycles. The van der Waals surface area contributed by atoms with E-state index in [1.807, 2.05) is 24.3 Å². The summed E-state index contributed by atoms with van der Waals surface area (Å²) in [7, 11) is 0. The van der Waals surface area contributed by atoms with Gasteiger partial charge in [0.15, 0.2) is 6.04 Å². The van der Waals surface area contributed by atoms with Crippen molar-refractivity contribution in [2.24, 2.45) is 5.73 Å². The maximum absolute atomic E-state index is 12.8. The van der Waals surface area contributed by atoms with Gasteiger partial charge in [-0.2, -0.15) is 0 Å². The molecule has 3 amide bonds. The van der Waals surface area contributed by atoms with Crippen LogP contribution >= 0.6 is 0 Å². The van der Waals surface area contributed by atoms with Gasteiger partial charge < -0.3 is 36.9 Å². The third-order valence-corrected chi connectivity index (χ3v) is 4.63. The maximum Gasteiger partial charge on any atom is 0.328 e. The zero-order chi connectivity index (χ0) is 23.1. The van der Waals surface area contributed by atoms with Crippen LogP contribution in [-0.2, 0) is 25.6 Å². The summed E-state index contributed by atoms with van der Waals surface area (Å²) in [5.74, 6) is -3.39. The topological polar surface area (TPSA) is 187 Å². The molecule has 4 unspecified atom stereocenters. The highest BCUT2D eigenvalue weighted by molar-refractivity contribution is 5.93. The van der Waals surface area contributed by atoms with Crippen LogP contribution in [0, 0.1) is 0 Å². The largest absolute Gasteiger partial charge is 0.480 e. The number of hydrogen-bond acceptors (Lipinski definition) is 6. The number of hydrogen-bond donors (Lipinski definition) is 7. The van der Waals surface area contributed by atoms with Gasteiger partial charge in [0.1, 0.15) is 6.04 Å². The van der Waals surface area contributed by atoms with Gasteiger partial charge >= 0.3 is 5.97 Å². The molecule has 2 aromatic rings. The molecule has 1 heterocycles. The summed E-state index contributed by atoms with van der Waals surface area (Å²) >= 11 is 0. The predicted molar refractivity (Wildman–Crippen MR) is 112 cm³/mol. The number of aromatic amines is 1. The Morgan fingerprint density at radius 3 is 2.39 bits per heavy atom. The molecule has 1 aromatic heterocycles. The number of nitrogens with one attached hydrogen (secondary N) is 4. The number of aromatic nitrogens is 1. The number of benzene rings is 1. The SMILES string of the molecule is CC(N)C(=O)NCC(=O)NC(Cc1c[nH]c2ccccc12)C(=O)NC(C(=O)O)C(C)O. The number of carboxylic acid groups (broad SMARTS) is 1. The number of carboxylic acids is 1. The molecule has 0 radical (unpaired) electrons. The van der Waals surface area contributed by atoms with Crippen molar-refractivity contribution in [1.29, 1.82) is 0 Å². The quantitative estimate of drug-likeness (QED) is 0.240. The van der Waals surface area contributed by atoms with Crippen molar-refractivity contribution in [3.05, 3.63) is 36.0 Å². The molecule has 0 aliphatic carbocycles. The van der Waals surface area contributed by atoms with Crippen LogP contribution in [0.3, 0.4) is 0 Å². The van der Waals surface area contributed by atoms with Crippen LogP contribution in [0.4, 0.5) is 0 Å². The van der Waals surface area contributed by atoms with E-state index in [4.69, 9.17) is 5.73 Å². The molecular formula is C20H27N5O6. The Labute approximate surface area is 178 Å². The van der Waals surface area contributed by atoms with Gasteiger partial charge in [0.2, 0.25) is 17.7 Å². The van der Waals surface area contributed by atoms with E-state index in [2.05, 4.69) is 20.9 Å². The highest BCUT2D eigenvalue weighted by atomic mass is 16.4. The van der Waals surface area contributed by atoms with E-state index in [1.54, 1.807) is 6.20 Å². The number of H-pyrrole nitrogens is 1. The first kappa shape index (κ1) is 23.8. The molecular weight excluding hydrogens is 406 g/mol. The predicted octanol–water partition coefficient (Wildman–Crippen LogP) is -1.39. The van der Waals surface area contributed by atoms with Crippen molar-refractivity contribution in [3.8, 4) is 0 Å². The molecule has 11 heteroatoms. The molecule has 1 aromatic carbocycles. The lowest BCUT2D eigenvalue weighted by molar-refractivity contribution is -0.145. The van der Waals surface area contributed by atoms with Crippen molar-refractivity contribution in [1.82, 2.24) is 20.9 Å². The molecule has 4 atom stereocenters. The first-order valence-electron chi connectivity index (χ1n) is 9.69. The summed E-state index contributed by atoms with van der Waals surface area (Å²) in [6.07, 6.45) is 0.393. The third-order valence-electron chi connectivity index (χ3n) is 4.63. The van der Waals surface area contributed by atoms with Crippen LogP contribution in [0.15, 0.2) is 30.5 Å². The number of rotatable bonds is 10. The third kappa shape index (κ3) is 6.52. The summed E-state index contributed by atoms with van der Waals surface area (Å²) in [5, 5.41) is 26.8. The molecule has 0 aliphatic heterocycles. The van der Waals surface area contributed by atoms with E-state index in [0.717, 1.165) is 16.5 Å². The zero-order valence-corrected chi connectivity index (χ0v) is 17.2. The average molecular weight is 433 g/mol. The Balaban J connectivity index is 2.19. The standard InChI is InChI=1S/C20H27N5O6/c1-10(21)18(28)23-9-16(27)24-15(19(29)25-17(11(2)26)20(30)31)7-12-8-22-14-6-4-3-5-13(12)14/h3-6,8,10-11,15,17,22,26H,7,9,21H2,1-2H3,(H,23,28)(H,24,27)(H,25,29)(H,30,31). The fourth-order valence-corrected chi connectivity index (χ4v) is 2.95. The number of aliphatic carboxylic acids is 1. The van der Waals surface area contributed by atoms with E-state index < -0.39 is 54.5 Å². The summed E-state index contributed by atoms with van der Waals surface area (Å²) in [5.41, 5.74) is 6.99. The molecule has 0 spiro atoms. The van der Waals surface area contributed by atoms with Gasteiger partial charge in [-0.1, -0.05) is 18.2 Å². The highest BCUT2D eigenvalue weighted by Gasteiger charge is 2.30. The molecule has 11 nitrogen and oxygen atoms in total. The lowest BCUT2D eigenvalue weighted by atomic mass is 10.0. The first-order chi connectivity index (χ1) is 14.6. The van der Waals surface area contributed by atoms with Crippen LogP contribution in [0.2, 0.25) is 0 Å².